The number of hydrogen-bond acceptors (Lipinski definition) is 6. The van der Waals surface area contributed by atoms with Crippen LogP contribution in [0.15, 0.2) is 42.5 Å². The average molecular weight is 480 g/mol. The Morgan fingerprint density at radius 1 is 1.06 bits per heavy atom. The zero-order chi connectivity index (χ0) is 24.6. The second kappa shape index (κ2) is 11.8. The molecule has 2 heterocycles. The van der Waals surface area contributed by atoms with Crippen LogP contribution in [0.1, 0.15) is 42.1 Å². The van der Waals surface area contributed by atoms with Crippen LogP contribution < -0.4 is 19.7 Å². The fourth-order valence-electron chi connectivity index (χ4n) is 4.34. The molecule has 8 heteroatoms. The highest BCUT2D eigenvalue weighted by Crippen LogP contribution is 2.33. The lowest BCUT2D eigenvalue weighted by Gasteiger charge is -2.29. The standard InChI is InChI=1S/C27H33N3O5/c1-2-20-6-9-22(10-7-20)34-18-24(31)21-8-11-25-23(16-21)30(27(33)19-35-25)17-26(32)28-12-15-29-13-4-3-5-14-29/h6-11,16H,2-5,12-15,17-19H2,1H3,(H,28,32). The first kappa shape index (κ1) is 24.7. The third kappa shape index (κ3) is 6.60. The first-order chi connectivity index (χ1) is 17.0. The van der Waals surface area contributed by atoms with Gasteiger partial charge in [-0.15, -0.1) is 0 Å². The number of nitrogens with zero attached hydrogens (tertiary/aromatic N) is 2. The summed E-state index contributed by atoms with van der Waals surface area (Å²) in [5.74, 6) is 0.309. The van der Waals surface area contributed by atoms with Gasteiger partial charge in [-0.05, 0) is 68.2 Å². The van der Waals surface area contributed by atoms with Crippen molar-refractivity contribution >= 4 is 23.3 Å². The monoisotopic (exact) mass is 479 g/mol. The Morgan fingerprint density at radius 3 is 2.57 bits per heavy atom. The highest BCUT2D eigenvalue weighted by molar-refractivity contribution is 6.04. The van der Waals surface area contributed by atoms with Gasteiger partial charge in [0.15, 0.2) is 19.0 Å². The molecule has 0 saturated carbocycles. The molecule has 186 valence electrons. The Morgan fingerprint density at radius 2 is 1.83 bits per heavy atom. The van der Waals surface area contributed by atoms with Crippen LogP contribution >= 0.6 is 0 Å². The molecule has 2 aliphatic rings. The summed E-state index contributed by atoms with van der Waals surface area (Å²) in [5, 5.41) is 2.91. The topological polar surface area (TPSA) is 88.2 Å². The van der Waals surface area contributed by atoms with Gasteiger partial charge in [-0.25, -0.2) is 0 Å². The highest BCUT2D eigenvalue weighted by atomic mass is 16.5. The zero-order valence-corrected chi connectivity index (χ0v) is 20.3. The molecular weight excluding hydrogens is 446 g/mol. The van der Waals surface area contributed by atoms with Gasteiger partial charge in [0.2, 0.25) is 5.91 Å². The molecule has 1 fully saturated rings. The molecule has 8 nitrogen and oxygen atoms in total. The van der Waals surface area contributed by atoms with Crippen molar-refractivity contribution in [2.24, 2.45) is 0 Å². The zero-order valence-electron chi connectivity index (χ0n) is 20.3. The van der Waals surface area contributed by atoms with Gasteiger partial charge in [0.05, 0.1) is 5.69 Å². The Labute approximate surface area is 206 Å². The molecular formula is C27H33N3O5. The van der Waals surface area contributed by atoms with Gasteiger partial charge in [-0.1, -0.05) is 25.5 Å². The summed E-state index contributed by atoms with van der Waals surface area (Å²) < 4.78 is 11.2. The van der Waals surface area contributed by atoms with Gasteiger partial charge in [0.25, 0.3) is 5.91 Å². The number of piperidine rings is 1. The molecule has 0 radical (unpaired) electrons. The largest absolute Gasteiger partial charge is 0.485 e. The van der Waals surface area contributed by atoms with E-state index < -0.39 is 0 Å². The van der Waals surface area contributed by atoms with E-state index >= 15 is 0 Å². The van der Waals surface area contributed by atoms with Gasteiger partial charge in [-0.3, -0.25) is 19.3 Å². The van der Waals surface area contributed by atoms with Gasteiger partial charge in [0, 0.05) is 18.7 Å². The fraction of sp³-hybridized carbons (Fsp3) is 0.444. The number of aryl methyl sites for hydroxylation is 1. The second-order valence-electron chi connectivity index (χ2n) is 8.91. The van der Waals surface area contributed by atoms with Crippen molar-refractivity contribution in [3.63, 3.8) is 0 Å². The predicted molar refractivity (Wildman–Crippen MR) is 133 cm³/mol. The van der Waals surface area contributed by atoms with Crippen molar-refractivity contribution < 1.29 is 23.9 Å². The van der Waals surface area contributed by atoms with Crippen LogP contribution in [-0.2, 0) is 16.0 Å². The Bertz CT molecular complexity index is 1050. The molecule has 0 unspecified atom stereocenters. The molecule has 2 amide bonds. The molecule has 1 N–H and O–H groups in total. The van der Waals surface area contributed by atoms with E-state index in [2.05, 4.69) is 17.1 Å². The maximum absolute atomic E-state index is 12.8. The number of carbonyl (C=O) groups is 3. The van der Waals surface area contributed by atoms with E-state index in [-0.39, 0.29) is 37.4 Å². The van der Waals surface area contributed by atoms with Crippen LogP contribution in [0.3, 0.4) is 0 Å². The lowest BCUT2D eigenvalue weighted by Crippen LogP contribution is -2.46. The Hall–Kier alpha value is -3.39. The van der Waals surface area contributed by atoms with Crippen molar-refractivity contribution in [3.05, 3.63) is 53.6 Å². The predicted octanol–water partition coefficient (Wildman–Crippen LogP) is 2.84. The lowest BCUT2D eigenvalue weighted by atomic mass is 10.1. The molecule has 0 atom stereocenters. The van der Waals surface area contributed by atoms with Crippen LogP contribution in [0.25, 0.3) is 0 Å². The van der Waals surface area contributed by atoms with E-state index in [1.807, 2.05) is 24.3 Å². The van der Waals surface area contributed by atoms with Crippen LogP contribution in [0, 0.1) is 0 Å². The average Bonchev–Trinajstić information content (AvgIpc) is 2.89. The van der Waals surface area contributed by atoms with Crippen molar-refractivity contribution in [3.8, 4) is 11.5 Å². The number of ether oxygens (including phenoxy) is 2. The number of amides is 2. The number of anilines is 1. The first-order valence-electron chi connectivity index (χ1n) is 12.3. The Kier molecular flexibility index (Phi) is 8.36. The molecule has 2 aromatic carbocycles. The van der Waals surface area contributed by atoms with Gasteiger partial charge < -0.3 is 19.7 Å². The summed E-state index contributed by atoms with van der Waals surface area (Å²) in [6.45, 7) is 5.16. The summed E-state index contributed by atoms with van der Waals surface area (Å²) >= 11 is 0. The number of benzene rings is 2. The van der Waals surface area contributed by atoms with Crippen molar-refractivity contribution in [2.75, 3.05) is 50.8 Å². The number of hydrogen-bond donors (Lipinski definition) is 1. The maximum atomic E-state index is 12.8. The van der Waals surface area contributed by atoms with E-state index in [9.17, 15) is 14.4 Å². The highest BCUT2D eigenvalue weighted by Gasteiger charge is 2.28. The number of carbonyl (C=O) groups excluding carboxylic acids is 3. The minimum absolute atomic E-state index is 0.118. The fourth-order valence-corrected chi connectivity index (χ4v) is 4.34. The van der Waals surface area contributed by atoms with Crippen LogP contribution in [0.4, 0.5) is 5.69 Å². The van der Waals surface area contributed by atoms with E-state index in [4.69, 9.17) is 9.47 Å². The summed E-state index contributed by atoms with van der Waals surface area (Å²) in [5.41, 5.74) is 2.01. The second-order valence-corrected chi connectivity index (χ2v) is 8.91. The van der Waals surface area contributed by atoms with Crippen LogP contribution in [0.5, 0.6) is 11.5 Å². The van der Waals surface area contributed by atoms with Gasteiger partial charge >= 0.3 is 0 Å². The number of ketones is 1. The number of Topliss-reactive ketones (excluding diaryl/α,β-unsaturated/α-hetero) is 1. The van der Waals surface area contributed by atoms with Gasteiger partial charge in [-0.2, -0.15) is 0 Å². The van der Waals surface area contributed by atoms with Crippen molar-refractivity contribution in [2.45, 2.75) is 32.6 Å². The number of nitrogens with one attached hydrogen (secondary N) is 1. The lowest BCUT2D eigenvalue weighted by molar-refractivity contribution is -0.125. The van der Waals surface area contributed by atoms with Crippen LogP contribution in [0.2, 0.25) is 0 Å². The summed E-state index contributed by atoms with van der Waals surface area (Å²) in [6, 6.07) is 12.5. The van der Waals surface area contributed by atoms with Gasteiger partial charge in [0.1, 0.15) is 18.0 Å². The van der Waals surface area contributed by atoms with E-state index in [0.29, 0.717) is 29.3 Å². The minimum Gasteiger partial charge on any atom is -0.485 e. The minimum atomic E-state index is -0.319. The molecule has 0 spiro atoms. The van der Waals surface area contributed by atoms with Crippen LogP contribution in [-0.4, -0.2) is 68.4 Å². The summed E-state index contributed by atoms with van der Waals surface area (Å²) in [4.78, 5) is 41.6. The third-order valence-electron chi connectivity index (χ3n) is 6.43. The summed E-state index contributed by atoms with van der Waals surface area (Å²) in [6.07, 6.45) is 4.60. The van der Waals surface area contributed by atoms with Crippen molar-refractivity contribution in [1.29, 1.82) is 0 Å². The van der Waals surface area contributed by atoms with E-state index in [1.165, 1.54) is 29.7 Å². The number of rotatable bonds is 10. The molecule has 1 saturated heterocycles. The number of likely N-dealkylation sites (tertiary alicyclic amines) is 1. The molecule has 0 bridgehead atoms. The SMILES string of the molecule is CCc1ccc(OCC(=O)c2ccc3c(c2)N(CC(=O)NCCN2CCCCC2)C(=O)CO3)cc1. The third-order valence-corrected chi connectivity index (χ3v) is 6.43. The van der Waals surface area contributed by atoms with Crippen molar-refractivity contribution in [1.82, 2.24) is 10.2 Å². The Balaban J connectivity index is 1.36. The molecule has 2 aromatic rings. The molecule has 2 aliphatic heterocycles. The number of fused-ring (bicyclic) bond motifs is 1. The normalized spacial score (nSPS) is 15.8. The molecule has 0 aliphatic carbocycles. The van der Waals surface area contributed by atoms with E-state index in [0.717, 1.165) is 26.1 Å². The smallest absolute Gasteiger partial charge is 0.265 e. The molecule has 35 heavy (non-hydrogen) atoms. The molecule has 0 aromatic heterocycles. The van der Waals surface area contributed by atoms with E-state index in [1.54, 1.807) is 18.2 Å². The first-order valence-corrected chi connectivity index (χ1v) is 12.3. The molecule has 4 rings (SSSR count). The quantitative estimate of drug-likeness (QED) is 0.528. The maximum Gasteiger partial charge on any atom is 0.265 e. The summed E-state index contributed by atoms with van der Waals surface area (Å²) in [7, 11) is 0.